The van der Waals surface area contributed by atoms with E-state index in [0.717, 1.165) is 47.6 Å². The van der Waals surface area contributed by atoms with Gasteiger partial charge in [-0.3, -0.25) is 0 Å². The molecule has 0 saturated carbocycles. The van der Waals surface area contributed by atoms with Crippen LogP contribution in [0.1, 0.15) is 18.5 Å². The zero-order valence-corrected chi connectivity index (χ0v) is 19.0. The standard InChI is InChI=1S/C27H27FN2O4/c1-31-19-8-6-17(7-9-19)16-2-4-18(5-3-16)26-20(28)14-22-21(30-26)10-11-25(29-22)34-24-15-33-23-12-13-32-27(23)24/h2-9,14,23-25,27,29H,10-13,15H2,1H3/t23-,24?,25?,27+/m1/s1. The molecule has 4 atom stereocenters. The van der Waals surface area contributed by atoms with Gasteiger partial charge in [0.25, 0.3) is 0 Å². The van der Waals surface area contributed by atoms with Gasteiger partial charge in [0.05, 0.1) is 31.2 Å². The Morgan fingerprint density at radius 1 is 0.971 bits per heavy atom. The highest BCUT2D eigenvalue weighted by molar-refractivity contribution is 5.70. The van der Waals surface area contributed by atoms with Crippen molar-refractivity contribution in [2.75, 3.05) is 25.6 Å². The molecule has 0 amide bonds. The maximum absolute atomic E-state index is 15.1. The molecule has 2 saturated heterocycles. The van der Waals surface area contributed by atoms with Gasteiger partial charge < -0.3 is 24.3 Å². The van der Waals surface area contributed by atoms with Gasteiger partial charge in [-0.25, -0.2) is 9.37 Å². The molecule has 6 rings (SSSR count). The quantitative estimate of drug-likeness (QED) is 0.587. The number of pyridine rings is 1. The fourth-order valence-electron chi connectivity index (χ4n) is 5.02. The van der Waals surface area contributed by atoms with Crippen LogP contribution in [0.4, 0.5) is 10.1 Å². The number of nitrogens with one attached hydrogen (secondary N) is 1. The van der Waals surface area contributed by atoms with Gasteiger partial charge in [0.1, 0.15) is 29.9 Å². The summed E-state index contributed by atoms with van der Waals surface area (Å²) in [6, 6.07) is 17.2. The van der Waals surface area contributed by atoms with E-state index in [9.17, 15) is 0 Å². The Kier molecular flexibility index (Phi) is 5.69. The number of aryl methyl sites for hydroxylation is 1. The molecule has 3 aliphatic heterocycles. The second-order valence-electron chi connectivity index (χ2n) is 8.96. The molecular weight excluding hydrogens is 435 g/mol. The van der Waals surface area contributed by atoms with Gasteiger partial charge in [-0.15, -0.1) is 0 Å². The van der Waals surface area contributed by atoms with Crippen molar-refractivity contribution in [3.05, 3.63) is 66.1 Å². The second-order valence-corrected chi connectivity index (χ2v) is 8.96. The average molecular weight is 463 g/mol. The third-order valence-corrected chi connectivity index (χ3v) is 6.86. The molecule has 2 aromatic carbocycles. The smallest absolute Gasteiger partial charge is 0.151 e. The van der Waals surface area contributed by atoms with E-state index in [1.54, 1.807) is 7.11 Å². The normalized spacial score (nSPS) is 25.5. The molecule has 34 heavy (non-hydrogen) atoms. The summed E-state index contributed by atoms with van der Waals surface area (Å²) in [6.07, 6.45) is 2.24. The first kappa shape index (κ1) is 21.5. The van der Waals surface area contributed by atoms with E-state index in [2.05, 4.69) is 10.3 Å². The van der Waals surface area contributed by atoms with Crippen molar-refractivity contribution in [3.63, 3.8) is 0 Å². The Morgan fingerprint density at radius 2 is 1.71 bits per heavy atom. The lowest BCUT2D eigenvalue weighted by Gasteiger charge is -2.30. The predicted molar refractivity (Wildman–Crippen MR) is 126 cm³/mol. The Morgan fingerprint density at radius 3 is 2.47 bits per heavy atom. The minimum Gasteiger partial charge on any atom is -0.497 e. The predicted octanol–water partition coefficient (Wildman–Crippen LogP) is 4.82. The first-order chi connectivity index (χ1) is 16.7. The topological polar surface area (TPSA) is 61.8 Å². The van der Waals surface area contributed by atoms with E-state index in [1.165, 1.54) is 6.07 Å². The van der Waals surface area contributed by atoms with E-state index >= 15 is 4.39 Å². The molecule has 1 N–H and O–H groups in total. The highest BCUT2D eigenvalue weighted by Gasteiger charge is 2.43. The van der Waals surface area contributed by atoms with Crippen molar-refractivity contribution in [1.82, 2.24) is 4.98 Å². The minimum absolute atomic E-state index is 0.00122. The van der Waals surface area contributed by atoms with Crippen LogP contribution in [-0.2, 0) is 20.6 Å². The molecule has 3 aliphatic rings. The number of anilines is 1. The van der Waals surface area contributed by atoms with Crippen LogP contribution in [0.3, 0.4) is 0 Å². The Hall–Kier alpha value is -3.00. The van der Waals surface area contributed by atoms with Crippen LogP contribution in [0.15, 0.2) is 54.6 Å². The summed E-state index contributed by atoms with van der Waals surface area (Å²) in [7, 11) is 1.65. The zero-order chi connectivity index (χ0) is 23.1. The van der Waals surface area contributed by atoms with E-state index in [-0.39, 0.29) is 30.4 Å². The van der Waals surface area contributed by atoms with Crippen LogP contribution < -0.4 is 10.1 Å². The minimum atomic E-state index is -0.354. The summed E-state index contributed by atoms with van der Waals surface area (Å²) in [5.41, 5.74) is 4.79. The van der Waals surface area contributed by atoms with Gasteiger partial charge in [-0.2, -0.15) is 0 Å². The fourth-order valence-corrected chi connectivity index (χ4v) is 5.02. The average Bonchev–Trinajstić information content (AvgIpc) is 3.49. The monoisotopic (exact) mass is 462 g/mol. The SMILES string of the molecule is COc1ccc(-c2ccc(-c3nc4c(cc3F)NC(OC3CO[C@@H]5CCO[C@H]35)CC4)cc2)cc1. The summed E-state index contributed by atoms with van der Waals surface area (Å²) in [5, 5.41) is 3.32. The van der Waals surface area contributed by atoms with Crippen LogP contribution in [0.5, 0.6) is 5.75 Å². The molecule has 2 unspecified atom stereocenters. The lowest BCUT2D eigenvalue weighted by Crippen LogP contribution is -2.38. The van der Waals surface area contributed by atoms with Crippen LogP contribution >= 0.6 is 0 Å². The van der Waals surface area contributed by atoms with Crippen LogP contribution in [0, 0.1) is 5.82 Å². The molecular formula is C27H27FN2O4. The third-order valence-electron chi connectivity index (χ3n) is 6.86. The summed E-state index contributed by atoms with van der Waals surface area (Å²) in [4.78, 5) is 4.67. The first-order valence-electron chi connectivity index (χ1n) is 11.8. The first-order valence-corrected chi connectivity index (χ1v) is 11.8. The number of benzene rings is 2. The summed E-state index contributed by atoms with van der Waals surface area (Å²) in [5.74, 6) is 0.460. The molecule has 0 aliphatic carbocycles. The molecule has 2 fully saturated rings. The van der Waals surface area contributed by atoms with Gasteiger partial charge in [0, 0.05) is 18.2 Å². The number of ether oxygens (including phenoxy) is 4. The van der Waals surface area contributed by atoms with Crippen LogP contribution in [0.25, 0.3) is 22.4 Å². The van der Waals surface area contributed by atoms with E-state index < -0.39 is 0 Å². The Bertz CT molecular complexity index is 1170. The van der Waals surface area contributed by atoms with Gasteiger partial charge in [-0.1, -0.05) is 36.4 Å². The fraction of sp³-hybridized carbons (Fsp3) is 0.370. The van der Waals surface area contributed by atoms with Crippen molar-refractivity contribution in [2.45, 2.75) is 43.8 Å². The molecule has 6 nitrogen and oxygen atoms in total. The molecule has 1 aromatic heterocycles. The summed E-state index contributed by atoms with van der Waals surface area (Å²) >= 11 is 0. The van der Waals surface area contributed by atoms with E-state index in [1.807, 2.05) is 48.5 Å². The highest BCUT2D eigenvalue weighted by atomic mass is 19.1. The molecule has 0 radical (unpaired) electrons. The Balaban J connectivity index is 1.17. The molecule has 176 valence electrons. The number of nitrogens with zero attached hydrogens (tertiary/aromatic N) is 1. The van der Waals surface area contributed by atoms with E-state index in [4.69, 9.17) is 18.9 Å². The van der Waals surface area contributed by atoms with Crippen molar-refractivity contribution in [1.29, 1.82) is 0 Å². The van der Waals surface area contributed by atoms with Gasteiger partial charge in [0.2, 0.25) is 0 Å². The van der Waals surface area contributed by atoms with E-state index in [0.29, 0.717) is 24.4 Å². The molecule has 3 aromatic rings. The summed E-state index contributed by atoms with van der Waals surface area (Å²) < 4.78 is 38.1. The lowest BCUT2D eigenvalue weighted by molar-refractivity contribution is -0.0628. The van der Waals surface area contributed by atoms with Crippen LogP contribution in [0.2, 0.25) is 0 Å². The van der Waals surface area contributed by atoms with Crippen molar-refractivity contribution in [3.8, 4) is 28.1 Å². The third kappa shape index (κ3) is 4.04. The number of hydrogen-bond donors (Lipinski definition) is 1. The van der Waals surface area contributed by atoms with Crippen LogP contribution in [-0.4, -0.2) is 49.8 Å². The Labute approximate surface area is 198 Å². The largest absolute Gasteiger partial charge is 0.497 e. The maximum atomic E-state index is 15.1. The highest BCUT2D eigenvalue weighted by Crippen LogP contribution is 2.34. The second kappa shape index (κ2) is 8.98. The maximum Gasteiger partial charge on any atom is 0.151 e. The molecule has 0 spiro atoms. The lowest BCUT2D eigenvalue weighted by atomic mass is 10.0. The number of hydrogen-bond acceptors (Lipinski definition) is 6. The molecule has 7 heteroatoms. The number of aromatic nitrogens is 1. The van der Waals surface area contributed by atoms with Gasteiger partial charge >= 0.3 is 0 Å². The zero-order valence-electron chi connectivity index (χ0n) is 19.0. The molecule has 0 bridgehead atoms. The van der Waals surface area contributed by atoms with Gasteiger partial charge in [-0.05, 0) is 42.5 Å². The number of fused-ring (bicyclic) bond motifs is 2. The summed E-state index contributed by atoms with van der Waals surface area (Å²) in [6.45, 7) is 1.26. The number of rotatable bonds is 5. The van der Waals surface area contributed by atoms with Crippen molar-refractivity contribution >= 4 is 5.69 Å². The van der Waals surface area contributed by atoms with Gasteiger partial charge in [0.15, 0.2) is 5.82 Å². The number of methoxy groups -OCH3 is 1. The molecule has 4 heterocycles. The van der Waals surface area contributed by atoms with Crippen molar-refractivity contribution in [2.24, 2.45) is 0 Å². The van der Waals surface area contributed by atoms with Crippen molar-refractivity contribution < 1.29 is 23.3 Å². The number of halogens is 1.